The molecule has 0 unspecified atom stereocenters. The van der Waals surface area contributed by atoms with Gasteiger partial charge in [-0.2, -0.15) is 5.26 Å². The maximum Gasteiger partial charge on any atom is 0.101 e. The van der Waals surface area contributed by atoms with Gasteiger partial charge in [-0.25, -0.2) is 0 Å². The summed E-state index contributed by atoms with van der Waals surface area (Å²) in [4.78, 5) is 2.42. The van der Waals surface area contributed by atoms with Gasteiger partial charge in [-0.3, -0.25) is 0 Å². The Bertz CT molecular complexity index is 635. The first-order valence-corrected chi connectivity index (χ1v) is 7.97. The van der Waals surface area contributed by atoms with Crippen LogP contribution < -0.4 is 4.90 Å². The molecule has 1 saturated heterocycles. The smallest absolute Gasteiger partial charge is 0.101 e. The van der Waals surface area contributed by atoms with E-state index in [1.807, 2.05) is 6.07 Å². The molecule has 0 aliphatic carbocycles. The summed E-state index contributed by atoms with van der Waals surface area (Å²) < 4.78 is 1.10. The Kier molecular flexibility index (Phi) is 3.90. The van der Waals surface area contributed by atoms with Crippen molar-refractivity contribution >= 4 is 27.1 Å². The van der Waals surface area contributed by atoms with Crippen molar-refractivity contribution in [1.29, 1.82) is 5.26 Å². The lowest BCUT2D eigenvalue weighted by Crippen LogP contribution is -2.34. The lowest BCUT2D eigenvalue weighted by atomic mass is 9.93. The molecule has 3 nitrogen and oxygen atoms in total. The van der Waals surface area contributed by atoms with Crippen LogP contribution in [0.4, 0.5) is 5.69 Å². The zero-order valence-electron chi connectivity index (χ0n) is 11.4. The molecule has 1 fully saturated rings. The number of hydrogen-bond donors (Lipinski definition) is 1. The van der Waals surface area contributed by atoms with Crippen LogP contribution in [-0.4, -0.2) is 24.8 Å². The summed E-state index contributed by atoms with van der Waals surface area (Å²) in [5.74, 6) is 0.660. The van der Waals surface area contributed by atoms with E-state index in [-0.39, 0.29) is 0 Å². The maximum atomic E-state index is 9.17. The number of hydrogen-bond acceptors (Lipinski definition) is 4. The molecule has 0 radical (unpaired) electrons. The van der Waals surface area contributed by atoms with Crippen LogP contribution in [-0.2, 0) is 0 Å². The maximum absolute atomic E-state index is 9.17. The average Bonchev–Trinajstić information content (AvgIpc) is 2.97. The van der Waals surface area contributed by atoms with E-state index in [0.717, 1.165) is 42.6 Å². The molecule has 3 rings (SSSR count). The van der Waals surface area contributed by atoms with Gasteiger partial charge in [0.05, 0.1) is 10.3 Å². The van der Waals surface area contributed by atoms with Crippen LogP contribution in [0.25, 0.3) is 10.1 Å². The predicted molar refractivity (Wildman–Crippen MR) is 83.2 cm³/mol. The van der Waals surface area contributed by atoms with Crippen molar-refractivity contribution in [2.24, 2.45) is 5.92 Å². The van der Waals surface area contributed by atoms with E-state index in [0.29, 0.717) is 12.5 Å². The Hall–Kier alpha value is -1.57. The fraction of sp³-hybridized carbons (Fsp3) is 0.438. The third kappa shape index (κ3) is 2.39. The number of aliphatic hydroxyl groups excluding tert-OH is 1. The lowest BCUT2D eigenvalue weighted by molar-refractivity contribution is 0.240. The van der Waals surface area contributed by atoms with E-state index in [1.165, 1.54) is 11.1 Å². The van der Waals surface area contributed by atoms with Gasteiger partial charge >= 0.3 is 0 Å². The molecule has 2 aromatic rings. The van der Waals surface area contributed by atoms with Crippen LogP contribution in [0.15, 0.2) is 23.6 Å². The number of nitriles is 1. The molecule has 1 aliphatic heterocycles. The number of piperidine rings is 1. The first-order chi connectivity index (χ1) is 9.83. The average molecular weight is 286 g/mol. The molecule has 1 N–H and O–H groups in total. The summed E-state index contributed by atoms with van der Waals surface area (Å²) >= 11 is 1.64. The Balaban J connectivity index is 1.85. The number of aliphatic hydroxyl groups is 1. The van der Waals surface area contributed by atoms with E-state index >= 15 is 0 Å². The topological polar surface area (TPSA) is 47.3 Å². The Labute approximate surface area is 123 Å². The molecule has 1 aliphatic rings. The molecule has 1 aromatic heterocycles. The number of nitrogens with zero attached hydrogens (tertiary/aromatic N) is 2. The largest absolute Gasteiger partial charge is 0.396 e. The van der Waals surface area contributed by atoms with E-state index in [2.05, 4.69) is 28.5 Å². The van der Waals surface area contributed by atoms with E-state index < -0.39 is 0 Å². The van der Waals surface area contributed by atoms with Crippen LogP contribution >= 0.6 is 11.3 Å². The second-order valence-electron chi connectivity index (χ2n) is 5.35. The first kappa shape index (κ1) is 13.4. The molecule has 0 saturated carbocycles. The molecule has 0 bridgehead atoms. The minimum Gasteiger partial charge on any atom is -0.396 e. The molecular formula is C16H18N2OS. The standard InChI is InChI=1S/C16H18N2OS/c17-11-13-1-2-15(14-6-10-20-16(13)14)18-7-3-12(4-8-18)5-9-19/h1-2,6,10,12,19H,3-5,7-9H2. The molecule has 1 aromatic carbocycles. The molecule has 104 valence electrons. The third-order valence-corrected chi connectivity index (χ3v) is 5.15. The summed E-state index contributed by atoms with van der Waals surface area (Å²) in [6.07, 6.45) is 3.22. The summed E-state index contributed by atoms with van der Waals surface area (Å²) in [5, 5.41) is 21.5. The highest BCUT2D eigenvalue weighted by molar-refractivity contribution is 7.17. The number of fused-ring (bicyclic) bond motifs is 1. The molecule has 0 amide bonds. The van der Waals surface area contributed by atoms with Crippen molar-refractivity contribution in [1.82, 2.24) is 0 Å². The highest BCUT2D eigenvalue weighted by atomic mass is 32.1. The van der Waals surface area contributed by atoms with Crippen molar-refractivity contribution in [2.45, 2.75) is 19.3 Å². The van der Waals surface area contributed by atoms with Crippen molar-refractivity contribution in [2.75, 3.05) is 24.6 Å². The second kappa shape index (κ2) is 5.82. The van der Waals surface area contributed by atoms with E-state index in [9.17, 15) is 0 Å². The van der Waals surface area contributed by atoms with Gasteiger partial charge in [0.25, 0.3) is 0 Å². The second-order valence-corrected chi connectivity index (χ2v) is 6.27. The van der Waals surface area contributed by atoms with E-state index in [4.69, 9.17) is 10.4 Å². The van der Waals surface area contributed by atoms with Crippen LogP contribution in [0.1, 0.15) is 24.8 Å². The molecule has 4 heteroatoms. The summed E-state index contributed by atoms with van der Waals surface area (Å²) in [6, 6.07) is 8.42. The molecule has 2 heterocycles. The van der Waals surface area contributed by atoms with Crippen molar-refractivity contribution in [3.8, 4) is 6.07 Å². The first-order valence-electron chi connectivity index (χ1n) is 7.09. The van der Waals surface area contributed by atoms with Gasteiger partial charge in [-0.05, 0) is 48.8 Å². The van der Waals surface area contributed by atoms with Gasteiger partial charge in [-0.15, -0.1) is 11.3 Å². The van der Waals surface area contributed by atoms with Crippen LogP contribution in [0.2, 0.25) is 0 Å². The summed E-state index contributed by atoms with van der Waals surface area (Å²) in [6.45, 7) is 2.39. The predicted octanol–water partition coefficient (Wildman–Crippen LogP) is 3.37. The summed E-state index contributed by atoms with van der Waals surface area (Å²) in [7, 11) is 0. The van der Waals surface area contributed by atoms with Gasteiger partial charge in [0, 0.05) is 30.8 Å². The van der Waals surface area contributed by atoms with Gasteiger partial charge in [0.15, 0.2) is 0 Å². The molecule has 20 heavy (non-hydrogen) atoms. The zero-order chi connectivity index (χ0) is 13.9. The van der Waals surface area contributed by atoms with Crippen LogP contribution in [0, 0.1) is 17.2 Å². The lowest BCUT2D eigenvalue weighted by Gasteiger charge is -2.34. The van der Waals surface area contributed by atoms with Crippen molar-refractivity contribution in [3.63, 3.8) is 0 Å². The van der Waals surface area contributed by atoms with Crippen LogP contribution in [0.3, 0.4) is 0 Å². The van der Waals surface area contributed by atoms with Gasteiger partial charge < -0.3 is 10.0 Å². The minimum atomic E-state index is 0.302. The Morgan fingerprint density at radius 1 is 1.30 bits per heavy atom. The van der Waals surface area contributed by atoms with Gasteiger partial charge in [0.2, 0.25) is 0 Å². The molecule has 0 spiro atoms. The van der Waals surface area contributed by atoms with Crippen molar-refractivity contribution in [3.05, 3.63) is 29.1 Å². The van der Waals surface area contributed by atoms with Gasteiger partial charge in [-0.1, -0.05) is 0 Å². The Morgan fingerprint density at radius 2 is 2.10 bits per heavy atom. The number of thiophene rings is 1. The van der Waals surface area contributed by atoms with Gasteiger partial charge in [0.1, 0.15) is 6.07 Å². The quantitative estimate of drug-likeness (QED) is 0.941. The number of benzene rings is 1. The highest BCUT2D eigenvalue weighted by Gasteiger charge is 2.21. The summed E-state index contributed by atoms with van der Waals surface area (Å²) in [5.41, 5.74) is 2.02. The highest BCUT2D eigenvalue weighted by Crippen LogP contribution is 2.35. The number of anilines is 1. The zero-order valence-corrected chi connectivity index (χ0v) is 12.2. The molecular weight excluding hydrogens is 268 g/mol. The Morgan fingerprint density at radius 3 is 2.80 bits per heavy atom. The fourth-order valence-corrected chi connectivity index (χ4v) is 3.94. The molecule has 0 atom stereocenters. The monoisotopic (exact) mass is 286 g/mol. The SMILES string of the molecule is N#Cc1ccc(N2CCC(CCO)CC2)c2ccsc12. The number of rotatable bonds is 3. The minimum absolute atomic E-state index is 0.302. The van der Waals surface area contributed by atoms with Crippen LogP contribution in [0.5, 0.6) is 0 Å². The fourth-order valence-electron chi connectivity index (χ4n) is 3.06. The normalized spacial score (nSPS) is 16.5. The third-order valence-electron chi connectivity index (χ3n) is 4.21. The van der Waals surface area contributed by atoms with Crippen molar-refractivity contribution < 1.29 is 5.11 Å². The van der Waals surface area contributed by atoms with E-state index in [1.54, 1.807) is 11.3 Å².